The predicted molar refractivity (Wildman–Crippen MR) is 78.4 cm³/mol. The fourth-order valence-electron chi connectivity index (χ4n) is 4.06. The summed E-state index contributed by atoms with van der Waals surface area (Å²) in [4.78, 5) is 16.8. The minimum atomic E-state index is -2.93. The molecule has 2 atom stereocenters. The molecule has 3 rings (SSSR count). The molecule has 1 spiro atoms. The number of carbonyl (C=O) groups is 1. The molecular weight excluding hydrogens is 312 g/mol. The van der Waals surface area contributed by atoms with Gasteiger partial charge >= 0.3 is 6.61 Å². The van der Waals surface area contributed by atoms with Crippen LogP contribution in [0.2, 0.25) is 5.15 Å². The van der Waals surface area contributed by atoms with Crippen molar-refractivity contribution < 1.29 is 18.3 Å². The fraction of sp³-hybridized carbons (Fsp3) is 0.625. The van der Waals surface area contributed by atoms with Crippen molar-refractivity contribution in [3.05, 3.63) is 23.0 Å². The molecule has 2 saturated carbocycles. The zero-order valence-corrected chi connectivity index (χ0v) is 12.9. The number of halogens is 3. The topological polar surface area (TPSA) is 39.2 Å². The van der Waals surface area contributed by atoms with Gasteiger partial charge < -0.3 is 4.74 Å². The highest BCUT2D eigenvalue weighted by Gasteiger charge is 2.50. The van der Waals surface area contributed by atoms with Crippen LogP contribution in [0.4, 0.5) is 8.78 Å². The molecule has 0 bridgehead atoms. The van der Waals surface area contributed by atoms with E-state index in [1.165, 1.54) is 6.07 Å². The number of ether oxygens (including phenoxy) is 1. The second kappa shape index (κ2) is 6.11. The summed E-state index contributed by atoms with van der Waals surface area (Å²) in [5.41, 5.74) is 0.402. The van der Waals surface area contributed by atoms with Gasteiger partial charge in [0.2, 0.25) is 0 Å². The Hall–Kier alpha value is -1.23. The van der Waals surface area contributed by atoms with E-state index in [0.717, 1.165) is 44.2 Å². The van der Waals surface area contributed by atoms with Gasteiger partial charge in [-0.15, -0.1) is 0 Å². The van der Waals surface area contributed by atoms with Crippen LogP contribution in [0.3, 0.4) is 0 Å². The van der Waals surface area contributed by atoms with Crippen LogP contribution in [0.15, 0.2) is 12.1 Å². The van der Waals surface area contributed by atoms with Gasteiger partial charge in [-0.1, -0.05) is 24.4 Å². The summed E-state index contributed by atoms with van der Waals surface area (Å²) in [5, 5.41) is -0.0666. The Morgan fingerprint density at radius 1 is 1.27 bits per heavy atom. The maximum absolute atomic E-state index is 12.5. The van der Waals surface area contributed by atoms with Gasteiger partial charge in [0.1, 0.15) is 5.78 Å². The Bertz CT molecular complexity index is 581. The Kier molecular flexibility index (Phi) is 4.35. The molecule has 22 heavy (non-hydrogen) atoms. The Labute approximate surface area is 133 Å². The molecule has 0 aromatic carbocycles. The van der Waals surface area contributed by atoms with Crippen LogP contribution in [-0.2, 0) is 4.79 Å². The van der Waals surface area contributed by atoms with Crippen molar-refractivity contribution >= 4 is 17.4 Å². The molecule has 0 aliphatic heterocycles. The summed E-state index contributed by atoms with van der Waals surface area (Å²) in [5.74, 6) is 0.243. The summed E-state index contributed by atoms with van der Waals surface area (Å²) in [6.45, 7) is -2.93. The number of nitrogens with zero attached hydrogens (tertiary/aromatic N) is 1. The van der Waals surface area contributed by atoms with E-state index in [9.17, 15) is 13.6 Å². The van der Waals surface area contributed by atoms with Crippen molar-refractivity contribution in [2.75, 3.05) is 0 Å². The molecule has 2 aliphatic rings. The zero-order chi connectivity index (χ0) is 15.7. The van der Waals surface area contributed by atoms with Crippen molar-refractivity contribution in [2.45, 2.75) is 57.5 Å². The van der Waals surface area contributed by atoms with E-state index < -0.39 is 6.61 Å². The Morgan fingerprint density at radius 2 is 2.05 bits per heavy atom. The van der Waals surface area contributed by atoms with Crippen molar-refractivity contribution in [3.63, 3.8) is 0 Å². The summed E-state index contributed by atoms with van der Waals surface area (Å²) < 4.78 is 28.9. The summed E-state index contributed by atoms with van der Waals surface area (Å²) >= 11 is 5.96. The lowest BCUT2D eigenvalue weighted by atomic mass is 9.65. The van der Waals surface area contributed by atoms with Gasteiger partial charge in [-0.3, -0.25) is 4.79 Å². The van der Waals surface area contributed by atoms with E-state index in [1.807, 2.05) is 0 Å². The lowest BCUT2D eigenvalue weighted by molar-refractivity contribution is -0.132. The molecule has 2 fully saturated rings. The number of carbonyl (C=O) groups excluding carboxylic acids is 1. The summed E-state index contributed by atoms with van der Waals surface area (Å²) in [6, 6.07) is 3.10. The molecule has 1 heterocycles. The quantitative estimate of drug-likeness (QED) is 0.752. The molecule has 0 amide bonds. The molecule has 0 N–H and O–H groups in total. The third kappa shape index (κ3) is 2.71. The first-order valence-corrected chi connectivity index (χ1v) is 8.05. The van der Waals surface area contributed by atoms with Crippen LogP contribution in [0, 0.1) is 5.41 Å². The van der Waals surface area contributed by atoms with Crippen molar-refractivity contribution in [3.8, 4) is 5.75 Å². The molecule has 120 valence electrons. The van der Waals surface area contributed by atoms with E-state index in [2.05, 4.69) is 9.72 Å². The number of ketones is 1. The summed E-state index contributed by atoms with van der Waals surface area (Å²) in [6.07, 6.45) is 6.33. The lowest BCUT2D eigenvalue weighted by Gasteiger charge is -2.37. The first kappa shape index (κ1) is 15.7. The number of Topliss-reactive ketones (excluding diaryl/α,β-unsaturated/α-hetero) is 1. The van der Waals surface area contributed by atoms with E-state index in [1.54, 1.807) is 6.07 Å². The van der Waals surface area contributed by atoms with Gasteiger partial charge in [0.05, 0.1) is 0 Å². The van der Waals surface area contributed by atoms with Gasteiger partial charge in [-0.25, -0.2) is 4.98 Å². The number of hydrogen-bond donors (Lipinski definition) is 0. The van der Waals surface area contributed by atoms with E-state index in [-0.39, 0.29) is 22.2 Å². The van der Waals surface area contributed by atoms with Gasteiger partial charge in [0.15, 0.2) is 10.9 Å². The highest BCUT2D eigenvalue weighted by molar-refractivity contribution is 6.30. The monoisotopic (exact) mass is 329 g/mol. The summed E-state index contributed by atoms with van der Waals surface area (Å²) in [7, 11) is 0. The van der Waals surface area contributed by atoms with E-state index >= 15 is 0 Å². The van der Waals surface area contributed by atoms with Gasteiger partial charge in [-0.2, -0.15) is 8.78 Å². The molecular formula is C16H18ClF2NO2. The Balaban J connectivity index is 1.89. The normalized spacial score (nSPS) is 28.5. The van der Waals surface area contributed by atoms with Crippen LogP contribution >= 0.6 is 11.6 Å². The van der Waals surface area contributed by atoms with Crippen molar-refractivity contribution in [2.24, 2.45) is 5.41 Å². The fourth-order valence-corrected chi connectivity index (χ4v) is 4.27. The zero-order valence-electron chi connectivity index (χ0n) is 12.2. The third-order valence-corrected chi connectivity index (χ3v) is 5.29. The minimum Gasteiger partial charge on any atom is -0.432 e. The maximum atomic E-state index is 12.5. The first-order chi connectivity index (χ1) is 10.5. The average Bonchev–Trinajstić information content (AvgIpc) is 2.89. The number of aromatic nitrogens is 1. The van der Waals surface area contributed by atoms with E-state index in [0.29, 0.717) is 12.2 Å². The highest BCUT2D eigenvalue weighted by atomic mass is 35.5. The van der Waals surface area contributed by atoms with Gasteiger partial charge in [0.25, 0.3) is 0 Å². The SMILES string of the molecule is O=C1CCCCC12CCCC2c1ccc(OC(F)F)c(Cl)n1. The molecule has 6 heteroatoms. The lowest BCUT2D eigenvalue weighted by Crippen LogP contribution is -2.36. The number of hydrogen-bond acceptors (Lipinski definition) is 3. The van der Waals surface area contributed by atoms with Crippen LogP contribution in [0.1, 0.15) is 56.6 Å². The number of rotatable bonds is 3. The van der Waals surface area contributed by atoms with Gasteiger partial charge in [0, 0.05) is 23.4 Å². The molecule has 0 saturated heterocycles. The second-order valence-electron chi connectivity index (χ2n) is 6.13. The molecule has 1 aromatic heterocycles. The maximum Gasteiger partial charge on any atom is 0.387 e. The number of pyridine rings is 1. The van der Waals surface area contributed by atoms with Crippen LogP contribution < -0.4 is 4.74 Å². The van der Waals surface area contributed by atoms with Crippen molar-refractivity contribution in [1.29, 1.82) is 0 Å². The molecule has 3 nitrogen and oxygen atoms in total. The first-order valence-electron chi connectivity index (χ1n) is 7.67. The van der Waals surface area contributed by atoms with Gasteiger partial charge in [-0.05, 0) is 37.8 Å². The largest absolute Gasteiger partial charge is 0.432 e. The molecule has 2 aliphatic carbocycles. The van der Waals surface area contributed by atoms with E-state index in [4.69, 9.17) is 11.6 Å². The number of alkyl halides is 2. The minimum absolute atomic E-state index is 0.0402. The standard InChI is InChI=1S/C16H18ClF2NO2/c17-14-12(22-15(18)19)7-6-11(20-14)10-4-3-9-16(10)8-2-1-5-13(16)21/h6-7,10,15H,1-5,8-9H2. The second-order valence-corrected chi connectivity index (χ2v) is 6.49. The van der Waals surface area contributed by atoms with Crippen LogP contribution in [-0.4, -0.2) is 17.4 Å². The van der Waals surface area contributed by atoms with Crippen molar-refractivity contribution in [1.82, 2.24) is 4.98 Å². The molecule has 2 unspecified atom stereocenters. The van der Waals surface area contributed by atoms with Crippen LogP contribution in [0.25, 0.3) is 0 Å². The average molecular weight is 330 g/mol. The predicted octanol–water partition coefficient (Wildman–Crippen LogP) is 4.73. The molecule has 1 aromatic rings. The third-order valence-electron chi connectivity index (χ3n) is 5.02. The smallest absolute Gasteiger partial charge is 0.387 e. The molecule has 0 radical (unpaired) electrons. The van der Waals surface area contributed by atoms with Crippen LogP contribution in [0.5, 0.6) is 5.75 Å². The Morgan fingerprint density at radius 3 is 2.73 bits per heavy atom. The highest BCUT2D eigenvalue weighted by Crippen LogP contribution is 2.55.